The van der Waals surface area contributed by atoms with E-state index in [-0.39, 0.29) is 43.4 Å². The molecule has 3 N–H and O–H groups in total. The number of imide groups is 1. The highest BCUT2D eigenvalue weighted by molar-refractivity contribution is 6.02. The highest BCUT2D eigenvalue weighted by atomic mass is 35.5. The van der Waals surface area contributed by atoms with E-state index in [0.717, 1.165) is 36.4 Å². The number of piperidine rings is 1. The maximum Gasteiger partial charge on any atom is 0.324 e. The maximum atomic E-state index is 12.3. The molecule has 1 atom stereocenters. The second kappa shape index (κ2) is 8.12. The molecule has 2 aliphatic heterocycles. The molecule has 7 nitrogen and oxygen atoms in total. The van der Waals surface area contributed by atoms with Crippen LogP contribution in [-0.2, 0) is 11.3 Å². The number of amides is 4. The lowest BCUT2D eigenvalue weighted by molar-refractivity contribution is -0.125. The van der Waals surface area contributed by atoms with Gasteiger partial charge < -0.3 is 16.0 Å². The molecular formula is C16H21ClN4O3. The zero-order valence-corrected chi connectivity index (χ0v) is 14.0. The van der Waals surface area contributed by atoms with E-state index in [1.807, 2.05) is 0 Å². The van der Waals surface area contributed by atoms with Crippen LogP contribution < -0.4 is 16.0 Å². The van der Waals surface area contributed by atoms with Gasteiger partial charge in [0.25, 0.3) is 5.91 Å². The first kappa shape index (κ1) is 18.2. The minimum atomic E-state index is -0.391. The van der Waals surface area contributed by atoms with Crippen LogP contribution in [0.5, 0.6) is 0 Å². The molecule has 0 aromatic heterocycles. The molecule has 1 aromatic carbocycles. The van der Waals surface area contributed by atoms with Crippen molar-refractivity contribution in [3.05, 3.63) is 35.4 Å². The van der Waals surface area contributed by atoms with E-state index in [0.29, 0.717) is 5.56 Å². The van der Waals surface area contributed by atoms with E-state index in [4.69, 9.17) is 0 Å². The third-order valence-corrected chi connectivity index (χ3v) is 4.10. The van der Waals surface area contributed by atoms with E-state index in [1.54, 1.807) is 24.3 Å². The molecule has 2 aliphatic rings. The number of hydrogen-bond donors (Lipinski definition) is 3. The van der Waals surface area contributed by atoms with Gasteiger partial charge in [0.15, 0.2) is 0 Å². The third-order valence-electron chi connectivity index (χ3n) is 4.10. The quantitative estimate of drug-likeness (QED) is 0.694. The van der Waals surface area contributed by atoms with Crippen molar-refractivity contribution in [3.63, 3.8) is 0 Å². The van der Waals surface area contributed by atoms with Crippen LogP contribution in [0.25, 0.3) is 0 Å². The minimum absolute atomic E-state index is 0. The highest BCUT2D eigenvalue weighted by Crippen LogP contribution is 2.12. The number of urea groups is 1. The molecule has 24 heavy (non-hydrogen) atoms. The van der Waals surface area contributed by atoms with Gasteiger partial charge in [-0.1, -0.05) is 12.1 Å². The van der Waals surface area contributed by atoms with Crippen molar-refractivity contribution in [1.29, 1.82) is 0 Å². The molecule has 0 bridgehead atoms. The average molecular weight is 353 g/mol. The predicted octanol–water partition coefficient (Wildman–Crippen LogP) is 0.642. The monoisotopic (exact) mass is 352 g/mol. The first-order valence-corrected chi connectivity index (χ1v) is 7.82. The largest absolute Gasteiger partial charge is 0.348 e. The summed E-state index contributed by atoms with van der Waals surface area (Å²) in [5, 5.41) is 8.75. The predicted molar refractivity (Wildman–Crippen MR) is 91.0 cm³/mol. The molecule has 1 unspecified atom stereocenters. The molecule has 0 spiro atoms. The van der Waals surface area contributed by atoms with Crippen LogP contribution in [-0.4, -0.2) is 48.4 Å². The fourth-order valence-corrected chi connectivity index (χ4v) is 2.85. The van der Waals surface area contributed by atoms with Crippen molar-refractivity contribution < 1.29 is 14.4 Å². The third kappa shape index (κ3) is 4.24. The van der Waals surface area contributed by atoms with Crippen molar-refractivity contribution in [2.45, 2.75) is 25.4 Å². The zero-order valence-electron chi connectivity index (χ0n) is 13.2. The highest BCUT2D eigenvalue weighted by Gasteiger charge is 2.28. The van der Waals surface area contributed by atoms with Crippen LogP contribution in [0.2, 0.25) is 0 Å². The normalized spacial score (nSPS) is 20.3. The Balaban J connectivity index is 0.00000208. The Labute approximate surface area is 146 Å². The molecule has 2 saturated heterocycles. The summed E-state index contributed by atoms with van der Waals surface area (Å²) in [6, 6.07) is 6.79. The van der Waals surface area contributed by atoms with Crippen LogP contribution in [0.4, 0.5) is 4.79 Å². The summed E-state index contributed by atoms with van der Waals surface area (Å²) in [5.41, 5.74) is 1.30. The van der Waals surface area contributed by atoms with E-state index in [1.165, 1.54) is 0 Å². The lowest BCUT2D eigenvalue weighted by Crippen LogP contribution is -2.45. The zero-order chi connectivity index (χ0) is 16.2. The van der Waals surface area contributed by atoms with E-state index < -0.39 is 6.03 Å². The van der Waals surface area contributed by atoms with Crippen molar-refractivity contribution in [2.75, 3.05) is 19.6 Å². The molecule has 0 aliphatic carbocycles. The van der Waals surface area contributed by atoms with E-state index in [9.17, 15) is 14.4 Å². The fourth-order valence-electron chi connectivity index (χ4n) is 2.85. The first-order valence-electron chi connectivity index (χ1n) is 7.82. The molecule has 1 aromatic rings. The van der Waals surface area contributed by atoms with E-state index in [2.05, 4.69) is 16.0 Å². The van der Waals surface area contributed by atoms with Crippen LogP contribution in [0, 0.1) is 0 Å². The van der Waals surface area contributed by atoms with Crippen molar-refractivity contribution >= 4 is 30.3 Å². The molecule has 3 rings (SSSR count). The molecule has 2 fully saturated rings. The average Bonchev–Trinajstić information content (AvgIpc) is 2.88. The summed E-state index contributed by atoms with van der Waals surface area (Å²) in [6.07, 6.45) is 2.03. The van der Waals surface area contributed by atoms with Gasteiger partial charge in [0, 0.05) is 18.2 Å². The van der Waals surface area contributed by atoms with E-state index >= 15 is 0 Å². The van der Waals surface area contributed by atoms with Gasteiger partial charge in [-0.15, -0.1) is 12.4 Å². The van der Waals surface area contributed by atoms with Crippen molar-refractivity contribution in [2.24, 2.45) is 0 Å². The summed E-state index contributed by atoms with van der Waals surface area (Å²) in [7, 11) is 0. The van der Waals surface area contributed by atoms with Gasteiger partial charge in [-0.2, -0.15) is 0 Å². The maximum absolute atomic E-state index is 12.3. The number of benzene rings is 1. The van der Waals surface area contributed by atoms with Gasteiger partial charge in [-0.25, -0.2) is 4.79 Å². The fraction of sp³-hybridized carbons (Fsp3) is 0.438. The van der Waals surface area contributed by atoms with Gasteiger partial charge in [-0.05, 0) is 37.1 Å². The Morgan fingerprint density at radius 2 is 2.17 bits per heavy atom. The standard InChI is InChI=1S/C16H20N4O3.ClH/c21-14-9-18-16(23)20(14)10-11-3-1-4-12(7-11)15(22)19-13-5-2-6-17-8-13;/h1,3-4,7,13,17H,2,5-6,8-10H2,(H,18,23)(H,19,22);1H. The lowest BCUT2D eigenvalue weighted by atomic mass is 10.1. The topological polar surface area (TPSA) is 90.5 Å². The summed E-state index contributed by atoms with van der Waals surface area (Å²) in [4.78, 5) is 36.7. The summed E-state index contributed by atoms with van der Waals surface area (Å²) < 4.78 is 0. The Bertz CT molecular complexity index is 616. The molecule has 4 amide bonds. The Hall–Kier alpha value is -2.12. The van der Waals surface area contributed by atoms with Crippen LogP contribution in [0.3, 0.4) is 0 Å². The van der Waals surface area contributed by atoms with Gasteiger partial charge in [0.05, 0.1) is 13.1 Å². The van der Waals surface area contributed by atoms with Crippen molar-refractivity contribution in [1.82, 2.24) is 20.9 Å². The van der Waals surface area contributed by atoms with Gasteiger partial charge >= 0.3 is 6.03 Å². The number of hydrogen-bond acceptors (Lipinski definition) is 4. The Kier molecular flexibility index (Phi) is 6.16. The summed E-state index contributed by atoms with van der Waals surface area (Å²) in [6.45, 7) is 1.99. The number of nitrogens with zero attached hydrogens (tertiary/aromatic N) is 1. The molecule has 2 heterocycles. The number of carbonyl (C=O) groups excluding carboxylic acids is 3. The number of halogens is 1. The molecular weight excluding hydrogens is 332 g/mol. The van der Waals surface area contributed by atoms with Crippen LogP contribution in [0.1, 0.15) is 28.8 Å². The van der Waals surface area contributed by atoms with Gasteiger partial charge in [0.2, 0.25) is 5.91 Å². The number of nitrogens with one attached hydrogen (secondary N) is 3. The second-order valence-corrected chi connectivity index (χ2v) is 5.86. The van der Waals surface area contributed by atoms with Crippen molar-refractivity contribution in [3.8, 4) is 0 Å². The van der Waals surface area contributed by atoms with Gasteiger partial charge in [0.1, 0.15) is 0 Å². The van der Waals surface area contributed by atoms with Crippen LogP contribution >= 0.6 is 12.4 Å². The molecule has 8 heteroatoms. The molecule has 130 valence electrons. The Morgan fingerprint density at radius 1 is 1.33 bits per heavy atom. The first-order chi connectivity index (χ1) is 11.1. The summed E-state index contributed by atoms with van der Waals surface area (Å²) in [5.74, 6) is -0.379. The number of rotatable bonds is 4. The molecule has 0 radical (unpaired) electrons. The molecule has 0 saturated carbocycles. The van der Waals surface area contributed by atoms with Gasteiger partial charge in [-0.3, -0.25) is 14.5 Å². The lowest BCUT2D eigenvalue weighted by Gasteiger charge is -2.24. The van der Waals surface area contributed by atoms with Crippen LogP contribution in [0.15, 0.2) is 24.3 Å². The SMILES string of the molecule is Cl.O=C(NC1CCCNC1)c1cccc(CN2C(=O)CNC2=O)c1. The Morgan fingerprint density at radius 3 is 2.83 bits per heavy atom. The minimum Gasteiger partial charge on any atom is -0.348 e. The smallest absolute Gasteiger partial charge is 0.324 e. The number of carbonyl (C=O) groups is 3. The second-order valence-electron chi connectivity index (χ2n) is 5.86. The summed E-state index contributed by atoms with van der Waals surface area (Å²) >= 11 is 0.